The topological polar surface area (TPSA) is 68.0 Å². The fourth-order valence-corrected chi connectivity index (χ4v) is 0.417. The van der Waals surface area contributed by atoms with Crippen LogP contribution < -0.4 is 5.56 Å². The highest BCUT2D eigenvalue weighted by molar-refractivity contribution is 4.75. The molecule has 1 aromatic heterocycles. The summed E-state index contributed by atoms with van der Waals surface area (Å²) in [5, 5.41) is 15.0. The maximum atomic E-state index is 10.6. The first-order chi connectivity index (χ1) is 4.34. The third-order valence-electron chi connectivity index (χ3n) is 0.832. The van der Waals surface area contributed by atoms with Crippen LogP contribution in [0.2, 0.25) is 0 Å². The number of rotatable bonds is 1. The Kier molecular flexibility index (Phi) is 1.55. The highest BCUT2D eigenvalue weighted by atomic mass is 16.3. The normalized spacial score (nSPS) is 9.44. The Hall–Kier alpha value is -1.23. The van der Waals surface area contributed by atoms with Crippen molar-refractivity contribution in [3.8, 4) is 0 Å². The lowest BCUT2D eigenvalue weighted by Crippen LogP contribution is -2.22. The van der Waals surface area contributed by atoms with E-state index in [2.05, 4.69) is 10.3 Å². The summed E-state index contributed by atoms with van der Waals surface area (Å²) in [6.07, 6.45) is 1.27. The number of aromatic nitrogens is 3. The van der Waals surface area contributed by atoms with E-state index in [-0.39, 0.29) is 5.56 Å². The highest BCUT2D eigenvalue weighted by Gasteiger charge is 1.88. The summed E-state index contributed by atoms with van der Waals surface area (Å²) in [6.45, 7) is -0.424. The highest BCUT2D eigenvalue weighted by Crippen LogP contribution is 1.65. The van der Waals surface area contributed by atoms with Crippen molar-refractivity contribution in [2.24, 2.45) is 0 Å². The van der Waals surface area contributed by atoms with Crippen molar-refractivity contribution in [2.45, 2.75) is 6.73 Å². The van der Waals surface area contributed by atoms with Crippen LogP contribution in [0.15, 0.2) is 17.1 Å². The van der Waals surface area contributed by atoms with Gasteiger partial charge >= 0.3 is 0 Å². The quantitative estimate of drug-likeness (QED) is 0.503. The van der Waals surface area contributed by atoms with E-state index < -0.39 is 6.73 Å². The Morgan fingerprint density at radius 3 is 3.00 bits per heavy atom. The fourth-order valence-electron chi connectivity index (χ4n) is 0.417. The summed E-state index contributed by atoms with van der Waals surface area (Å²) in [5.41, 5.74) is -0.354. The second-order valence-corrected chi connectivity index (χ2v) is 1.40. The molecule has 5 nitrogen and oxygen atoms in total. The van der Waals surface area contributed by atoms with Gasteiger partial charge in [0.05, 0.1) is 6.20 Å². The summed E-state index contributed by atoms with van der Waals surface area (Å²) in [4.78, 5) is 10.6. The molecule has 9 heavy (non-hydrogen) atoms. The zero-order valence-electron chi connectivity index (χ0n) is 4.56. The molecule has 48 valence electrons. The smallest absolute Gasteiger partial charge is 0.271 e. The molecule has 0 spiro atoms. The van der Waals surface area contributed by atoms with Crippen LogP contribution in [0.1, 0.15) is 0 Å². The minimum Gasteiger partial charge on any atom is -0.374 e. The van der Waals surface area contributed by atoms with Gasteiger partial charge in [-0.25, -0.2) is 0 Å². The van der Waals surface area contributed by atoms with Gasteiger partial charge in [-0.15, -0.1) is 5.10 Å². The van der Waals surface area contributed by atoms with Crippen LogP contribution in [0.4, 0.5) is 0 Å². The molecule has 0 aliphatic carbocycles. The van der Waals surface area contributed by atoms with Crippen molar-refractivity contribution in [3.63, 3.8) is 0 Å². The van der Waals surface area contributed by atoms with E-state index >= 15 is 0 Å². The Bertz CT molecular complexity index is 244. The number of hydrogen-bond donors (Lipinski definition) is 1. The first kappa shape index (κ1) is 5.90. The van der Waals surface area contributed by atoms with E-state index in [1.807, 2.05) is 0 Å². The van der Waals surface area contributed by atoms with E-state index in [0.717, 1.165) is 4.68 Å². The minimum atomic E-state index is -0.424. The molecule has 0 saturated heterocycles. The van der Waals surface area contributed by atoms with Crippen molar-refractivity contribution in [3.05, 3.63) is 22.6 Å². The molecule has 0 aliphatic rings. The van der Waals surface area contributed by atoms with E-state index in [1.165, 1.54) is 12.3 Å². The van der Waals surface area contributed by atoms with Gasteiger partial charge in [-0.2, -0.15) is 4.68 Å². The lowest BCUT2D eigenvalue weighted by Gasteiger charge is -1.92. The standard InChI is InChI=1S/C4H5N3O2/c8-3-7-4(9)1-2-5-6-7/h1-2,8H,3H2. The molecule has 5 heteroatoms. The van der Waals surface area contributed by atoms with Crippen molar-refractivity contribution in [1.29, 1.82) is 0 Å². The van der Waals surface area contributed by atoms with Crippen LogP contribution in [-0.4, -0.2) is 20.1 Å². The van der Waals surface area contributed by atoms with Gasteiger partial charge in [0.25, 0.3) is 5.56 Å². The van der Waals surface area contributed by atoms with Gasteiger partial charge in [0.1, 0.15) is 6.73 Å². The molecule has 0 amide bonds. The molecule has 0 bridgehead atoms. The summed E-state index contributed by atoms with van der Waals surface area (Å²) in [6, 6.07) is 1.23. The SMILES string of the molecule is O=c1ccnnn1CO. The third-order valence-corrected chi connectivity index (χ3v) is 0.832. The van der Waals surface area contributed by atoms with Crippen LogP contribution in [0.3, 0.4) is 0 Å². The first-order valence-corrected chi connectivity index (χ1v) is 2.34. The second kappa shape index (κ2) is 2.36. The molecule has 0 fully saturated rings. The Labute approximate surface area is 50.6 Å². The average Bonchev–Trinajstić information content (AvgIpc) is 1.89. The molecule has 0 atom stereocenters. The summed E-state index contributed by atoms with van der Waals surface area (Å²) < 4.78 is 0.847. The van der Waals surface area contributed by atoms with Crippen LogP contribution in [-0.2, 0) is 6.73 Å². The molecule has 0 saturated carbocycles. The Morgan fingerprint density at radius 2 is 2.56 bits per heavy atom. The first-order valence-electron chi connectivity index (χ1n) is 2.34. The van der Waals surface area contributed by atoms with E-state index in [4.69, 9.17) is 5.11 Å². The van der Waals surface area contributed by atoms with Gasteiger partial charge in [0, 0.05) is 6.07 Å². The van der Waals surface area contributed by atoms with Gasteiger partial charge in [-0.3, -0.25) is 4.79 Å². The van der Waals surface area contributed by atoms with Gasteiger partial charge in [0.15, 0.2) is 0 Å². The largest absolute Gasteiger partial charge is 0.374 e. The van der Waals surface area contributed by atoms with Crippen LogP contribution in [0.5, 0.6) is 0 Å². The van der Waals surface area contributed by atoms with Crippen molar-refractivity contribution in [1.82, 2.24) is 15.0 Å². The third kappa shape index (κ3) is 1.11. The average molecular weight is 127 g/mol. The number of nitrogens with zero attached hydrogens (tertiary/aromatic N) is 3. The van der Waals surface area contributed by atoms with Gasteiger partial charge in [-0.1, -0.05) is 5.21 Å². The molecular formula is C4H5N3O2. The monoisotopic (exact) mass is 127 g/mol. The molecule has 1 N–H and O–H groups in total. The van der Waals surface area contributed by atoms with Gasteiger partial charge in [-0.05, 0) is 0 Å². The number of aliphatic hydroxyl groups excluding tert-OH is 1. The van der Waals surface area contributed by atoms with Crippen molar-refractivity contribution in [2.75, 3.05) is 0 Å². The van der Waals surface area contributed by atoms with Crippen LogP contribution >= 0.6 is 0 Å². The maximum Gasteiger partial charge on any atom is 0.271 e. The lowest BCUT2D eigenvalue weighted by atomic mass is 10.7. The van der Waals surface area contributed by atoms with Crippen LogP contribution in [0, 0.1) is 0 Å². The predicted molar refractivity (Wildman–Crippen MR) is 28.5 cm³/mol. The van der Waals surface area contributed by atoms with Crippen molar-refractivity contribution < 1.29 is 5.11 Å². The van der Waals surface area contributed by atoms with E-state index in [0.29, 0.717) is 0 Å². The lowest BCUT2D eigenvalue weighted by molar-refractivity contribution is 0.184. The zero-order chi connectivity index (χ0) is 6.69. The predicted octanol–water partition coefficient (Wildman–Crippen LogP) is -1.41. The molecule has 0 unspecified atom stereocenters. The second-order valence-electron chi connectivity index (χ2n) is 1.40. The maximum absolute atomic E-state index is 10.6. The summed E-state index contributed by atoms with van der Waals surface area (Å²) >= 11 is 0. The Balaban J connectivity index is 3.16. The zero-order valence-corrected chi connectivity index (χ0v) is 4.56. The van der Waals surface area contributed by atoms with Crippen molar-refractivity contribution >= 4 is 0 Å². The van der Waals surface area contributed by atoms with E-state index in [1.54, 1.807) is 0 Å². The molecule has 0 aliphatic heterocycles. The summed E-state index contributed by atoms with van der Waals surface area (Å²) in [7, 11) is 0. The molecule has 1 heterocycles. The Morgan fingerprint density at radius 1 is 1.78 bits per heavy atom. The van der Waals surface area contributed by atoms with Crippen LogP contribution in [0.25, 0.3) is 0 Å². The number of hydrogen-bond acceptors (Lipinski definition) is 4. The summed E-state index contributed by atoms with van der Waals surface area (Å²) in [5.74, 6) is 0. The molecular weight excluding hydrogens is 122 g/mol. The molecule has 0 aromatic carbocycles. The van der Waals surface area contributed by atoms with E-state index in [9.17, 15) is 4.79 Å². The van der Waals surface area contributed by atoms with Gasteiger partial charge in [0.2, 0.25) is 0 Å². The molecule has 1 aromatic rings. The molecule has 1 rings (SSSR count). The number of aliphatic hydroxyl groups is 1. The minimum absolute atomic E-state index is 0.354. The fraction of sp³-hybridized carbons (Fsp3) is 0.250. The van der Waals surface area contributed by atoms with Gasteiger partial charge < -0.3 is 5.11 Å². The molecule has 0 radical (unpaired) electrons.